The van der Waals surface area contributed by atoms with Crippen molar-refractivity contribution in [3.05, 3.63) is 59.6 Å². The summed E-state index contributed by atoms with van der Waals surface area (Å²) in [5, 5.41) is 5.48. The van der Waals surface area contributed by atoms with Gasteiger partial charge in [0.25, 0.3) is 0 Å². The molecule has 2 amide bonds. The Balaban J connectivity index is 1.31. The van der Waals surface area contributed by atoms with E-state index in [9.17, 15) is 9.59 Å². The summed E-state index contributed by atoms with van der Waals surface area (Å²) in [6, 6.07) is 8.18. The molecule has 0 bridgehead atoms. The van der Waals surface area contributed by atoms with Gasteiger partial charge >= 0.3 is 0 Å². The smallest absolute Gasteiger partial charge is 0.244 e. The highest BCUT2D eigenvalue weighted by Crippen LogP contribution is 2.38. The van der Waals surface area contributed by atoms with Gasteiger partial charge in [0.05, 0.1) is 12.2 Å². The van der Waals surface area contributed by atoms with E-state index in [-0.39, 0.29) is 11.9 Å². The zero-order valence-electron chi connectivity index (χ0n) is 19.9. The number of rotatable bonds is 4. The van der Waals surface area contributed by atoms with E-state index in [4.69, 9.17) is 15.9 Å². The van der Waals surface area contributed by atoms with E-state index in [0.29, 0.717) is 29.2 Å². The monoisotopic (exact) mass is 482 g/mol. The van der Waals surface area contributed by atoms with E-state index >= 15 is 0 Å². The minimum atomic E-state index is -0.398. The van der Waals surface area contributed by atoms with Gasteiger partial charge in [-0.2, -0.15) is 5.10 Å². The van der Waals surface area contributed by atoms with Crippen LogP contribution in [0.15, 0.2) is 52.8 Å². The molecular formula is C27H26N6O3. The van der Waals surface area contributed by atoms with E-state index < -0.39 is 5.91 Å². The predicted octanol–water partition coefficient (Wildman–Crippen LogP) is 3.55. The standard InChI is InChI=1S/C27H26N6O3/c1-15(34)32-6-4-21(5-7-32)33-14-20(12-31-33)23-13-30-26(28)25-22(23)11-24(36-25)17-3-2-16-8-19(27(29)35)10-18(16)9-17/h2-3,8-9,11-14,21H,4-7,10H2,1H3,(H2,28,30)(H2,29,35). The summed E-state index contributed by atoms with van der Waals surface area (Å²) in [7, 11) is 0. The molecule has 1 aliphatic carbocycles. The number of nitrogens with zero attached hydrogens (tertiary/aromatic N) is 4. The normalized spacial score (nSPS) is 15.8. The summed E-state index contributed by atoms with van der Waals surface area (Å²) in [5.41, 5.74) is 17.5. The summed E-state index contributed by atoms with van der Waals surface area (Å²) < 4.78 is 8.16. The van der Waals surface area contributed by atoms with Crippen LogP contribution in [-0.2, 0) is 16.0 Å². The van der Waals surface area contributed by atoms with Crippen molar-refractivity contribution in [2.45, 2.75) is 32.2 Å². The Morgan fingerprint density at radius 1 is 1.11 bits per heavy atom. The van der Waals surface area contributed by atoms with Crippen LogP contribution >= 0.6 is 0 Å². The predicted molar refractivity (Wildman–Crippen MR) is 136 cm³/mol. The molecule has 0 radical (unpaired) electrons. The number of likely N-dealkylation sites (tertiary alicyclic amines) is 1. The lowest BCUT2D eigenvalue weighted by Crippen LogP contribution is -2.37. The van der Waals surface area contributed by atoms with Gasteiger partial charge in [0, 0.05) is 66.5 Å². The van der Waals surface area contributed by atoms with Crippen LogP contribution in [0.4, 0.5) is 5.82 Å². The number of primary amides is 1. The molecule has 4 heterocycles. The number of nitrogens with two attached hydrogens (primary N) is 2. The zero-order chi connectivity index (χ0) is 25.0. The maximum absolute atomic E-state index is 11.6. The van der Waals surface area contributed by atoms with Crippen LogP contribution in [0.5, 0.6) is 0 Å². The van der Waals surface area contributed by atoms with Crippen LogP contribution in [-0.4, -0.2) is 44.6 Å². The highest BCUT2D eigenvalue weighted by Gasteiger charge is 2.24. The first kappa shape index (κ1) is 22.1. The fourth-order valence-corrected chi connectivity index (χ4v) is 5.19. The van der Waals surface area contributed by atoms with Crippen molar-refractivity contribution in [1.29, 1.82) is 0 Å². The molecule has 0 spiro atoms. The van der Waals surface area contributed by atoms with Crippen LogP contribution in [0.3, 0.4) is 0 Å². The molecule has 3 aromatic heterocycles. The Morgan fingerprint density at radius 3 is 2.67 bits per heavy atom. The number of amides is 2. The first-order chi connectivity index (χ1) is 17.4. The maximum Gasteiger partial charge on any atom is 0.244 e. The first-order valence-electron chi connectivity index (χ1n) is 12.0. The number of piperidine rings is 1. The van der Waals surface area contributed by atoms with Gasteiger partial charge < -0.3 is 20.8 Å². The molecule has 4 N–H and O–H groups in total. The van der Waals surface area contributed by atoms with E-state index in [2.05, 4.69) is 10.1 Å². The van der Waals surface area contributed by atoms with Gasteiger partial charge in [-0.05, 0) is 42.2 Å². The molecule has 4 aromatic rings. The average molecular weight is 483 g/mol. The lowest BCUT2D eigenvalue weighted by Gasteiger charge is -2.31. The fraction of sp³-hybridized carbons (Fsp3) is 0.259. The van der Waals surface area contributed by atoms with Gasteiger partial charge in [0.15, 0.2) is 11.4 Å². The Bertz CT molecular complexity index is 1550. The number of nitrogen functional groups attached to an aromatic ring is 1. The molecule has 1 saturated heterocycles. The number of fused-ring (bicyclic) bond motifs is 2. The average Bonchev–Trinajstić information content (AvgIpc) is 3.62. The van der Waals surface area contributed by atoms with E-state index in [1.165, 1.54) is 0 Å². The molecule has 1 fully saturated rings. The molecule has 0 atom stereocenters. The van der Waals surface area contributed by atoms with Crippen LogP contribution in [0.1, 0.15) is 36.9 Å². The number of pyridine rings is 1. The highest BCUT2D eigenvalue weighted by molar-refractivity contribution is 6.01. The van der Waals surface area contributed by atoms with Gasteiger partial charge in [-0.25, -0.2) is 4.98 Å². The Hall–Kier alpha value is -4.40. The van der Waals surface area contributed by atoms with Gasteiger partial charge in [0.2, 0.25) is 11.8 Å². The second-order valence-corrected chi connectivity index (χ2v) is 9.48. The minimum absolute atomic E-state index is 0.119. The number of hydrogen-bond donors (Lipinski definition) is 2. The molecule has 0 saturated carbocycles. The molecule has 2 aliphatic rings. The zero-order valence-corrected chi connectivity index (χ0v) is 19.9. The summed E-state index contributed by atoms with van der Waals surface area (Å²) in [6.07, 6.45) is 9.71. The Labute approximate surface area is 207 Å². The molecule has 182 valence electrons. The molecular weight excluding hydrogens is 456 g/mol. The topological polar surface area (TPSA) is 133 Å². The van der Waals surface area contributed by atoms with Gasteiger partial charge in [-0.1, -0.05) is 12.1 Å². The molecule has 6 rings (SSSR count). The number of aromatic nitrogens is 3. The Morgan fingerprint density at radius 2 is 1.92 bits per heavy atom. The third kappa shape index (κ3) is 3.73. The van der Waals surface area contributed by atoms with Crippen LogP contribution in [0.25, 0.3) is 39.5 Å². The minimum Gasteiger partial charge on any atom is -0.452 e. The Kier molecular flexibility index (Phi) is 5.13. The maximum atomic E-state index is 11.6. The van der Waals surface area contributed by atoms with Gasteiger partial charge in [-0.3, -0.25) is 14.3 Å². The summed E-state index contributed by atoms with van der Waals surface area (Å²) in [4.78, 5) is 29.5. The second kappa shape index (κ2) is 8.37. The third-order valence-corrected chi connectivity index (χ3v) is 7.24. The van der Waals surface area contributed by atoms with Gasteiger partial charge in [-0.15, -0.1) is 0 Å². The number of carbonyl (C=O) groups excluding carboxylic acids is 2. The largest absolute Gasteiger partial charge is 0.452 e. The van der Waals surface area contributed by atoms with Crippen LogP contribution in [0.2, 0.25) is 0 Å². The summed E-state index contributed by atoms with van der Waals surface area (Å²) in [5.74, 6) is 0.715. The quantitative estimate of drug-likeness (QED) is 0.457. The van der Waals surface area contributed by atoms with Crippen molar-refractivity contribution in [3.63, 3.8) is 0 Å². The number of carbonyl (C=O) groups is 2. The van der Waals surface area contributed by atoms with Crippen molar-refractivity contribution in [2.24, 2.45) is 5.73 Å². The van der Waals surface area contributed by atoms with Crippen molar-refractivity contribution in [3.8, 4) is 22.5 Å². The molecule has 9 nitrogen and oxygen atoms in total. The van der Waals surface area contributed by atoms with Crippen molar-refractivity contribution >= 4 is 34.7 Å². The SMILES string of the molecule is CC(=O)N1CCC(n2cc(-c3cnc(N)c4oc(-c5ccc6c(c5)CC(C(N)=O)=C6)cc34)cn2)CC1. The van der Waals surface area contributed by atoms with E-state index in [1.54, 1.807) is 13.1 Å². The number of benzene rings is 1. The van der Waals surface area contributed by atoms with E-state index in [1.807, 2.05) is 52.3 Å². The highest BCUT2D eigenvalue weighted by atomic mass is 16.3. The third-order valence-electron chi connectivity index (χ3n) is 7.24. The van der Waals surface area contributed by atoms with Crippen molar-refractivity contribution in [1.82, 2.24) is 19.7 Å². The summed E-state index contributed by atoms with van der Waals surface area (Å²) >= 11 is 0. The molecule has 36 heavy (non-hydrogen) atoms. The molecule has 1 aliphatic heterocycles. The fourth-order valence-electron chi connectivity index (χ4n) is 5.19. The van der Waals surface area contributed by atoms with E-state index in [0.717, 1.165) is 59.1 Å². The number of hydrogen-bond acceptors (Lipinski definition) is 6. The van der Waals surface area contributed by atoms with Crippen molar-refractivity contribution < 1.29 is 14.0 Å². The second-order valence-electron chi connectivity index (χ2n) is 9.48. The van der Waals surface area contributed by atoms with Crippen molar-refractivity contribution in [2.75, 3.05) is 18.8 Å². The number of furan rings is 1. The molecule has 9 heteroatoms. The molecule has 0 unspecified atom stereocenters. The van der Waals surface area contributed by atoms with Gasteiger partial charge in [0.1, 0.15) is 5.76 Å². The first-order valence-corrected chi connectivity index (χ1v) is 12.0. The van der Waals surface area contributed by atoms with Crippen LogP contribution < -0.4 is 11.5 Å². The molecule has 1 aromatic carbocycles. The number of anilines is 1. The lowest BCUT2D eigenvalue weighted by molar-refractivity contribution is -0.130. The van der Waals surface area contributed by atoms with Crippen LogP contribution in [0, 0.1) is 0 Å². The summed E-state index contributed by atoms with van der Waals surface area (Å²) in [6.45, 7) is 3.10. The lowest BCUT2D eigenvalue weighted by atomic mass is 10.0.